The van der Waals surface area contributed by atoms with Crippen molar-refractivity contribution in [2.45, 2.75) is 13.8 Å². The Labute approximate surface area is 132 Å². The van der Waals surface area contributed by atoms with Crippen molar-refractivity contribution in [2.24, 2.45) is 0 Å². The third-order valence-corrected chi connectivity index (χ3v) is 3.53. The zero-order valence-corrected chi connectivity index (χ0v) is 13.8. The molecular formula is C15H29N3O4. The number of nitrogens with zero attached hydrogens (tertiary/aromatic N) is 2. The van der Waals surface area contributed by atoms with Gasteiger partial charge in [-0.25, -0.2) is 0 Å². The van der Waals surface area contributed by atoms with Gasteiger partial charge in [0.15, 0.2) is 5.78 Å². The quantitative estimate of drug-likeness (QED) is 0.512. The fourth-order valence-electron chi connectivity index (χ4n) is 2.22. The van der Waals surface area contributed by atoms with Crippen LogP contribution in [0.4, 0.5) is 0 Å². The molecule has 0 aromatic carbocycles. The SMILES string of the molecule is CCN1CCN(CC(=O)NCCOCCOCC(C)=O)CC1. The number of carbonyl (C=O) groups is 2. The molecule has 1 fully saturated rings. The molecule has 1 aliphatic heterocycles. The van der Waals surface area contributed by atoms with Crippen LogP contribution >= 0.6 is 0 Å². The number of rotatable bonds is 11. The molecule has 7 heteroatoms. The zero-order chi connectivity index (χ0) is 16.2. The van der Waals surface area contributed by atoms with E-state index in [9.17, 15) is 9.59 Å². The Morgan fingerprint density at radius 1 is 1.00 bits per heavy atom. The minimum absolute atomic E-state index is 0.00651. The summed E-state index contributed by atoms with van der Waals surface area (Å²) in [6.45, 7) is 11.1. The summed E-state index contributed by atoms with van der Waals surface area (Å²) in [5.41, 5.74) is 0. The molecule has 0 bridgehead atoms. The maximum absolute atomic E-state index is 11.8. The fraction of sp³-hybridized carbons (Fsp3) is 0.867. The summed E-state index contributed by atoms with van der Waals surface area (Å²) in [4.78, 5) is 27.0. The van der Waals surface area contributed by atoms with Crippen molar-refractivity contribution >= 4 is 11.7 Å². The number of ketones is 1. The molecule has 0 aliphatic carbocycles. The van der Waals surface area contributed by atoms with Crippen molar-refractivity contribution in [1.82, 2.24) is 15.1 Å². The Balaban J connectivity index is 1.92. The van der Waals surface area contributed by atoms with Crippen LogP contribution in [-0.2, 0) is 19.1 Å². The second-order valence-corrected chi connectivity index (χ2v) is 5.43. The van der Waals surface area contributed by atoms with E-state index in [1.807, 2.05) is 0 Å². The van der Waals surface area contributed by atoms with Crippen molar-refractivity contribution < 1.29 is 19.1 Å². The molecule has 0 radical (unpaired) electrons. The first-order valence-electron chi connectivity index (χ1n) is 7.98. The lowest BCUT2D eigenvalue weighted by Crippen LogP contribution is -2.49. The highest BCUT2D eigenvalue weighted by atomic mass is 16.5. The molecule has 1 amide bonds. The van der Waals surface area contributed by atoms with Crippen molar-refractivity contribution in [3.05, 3.63) is 0 Å². The number of nitrogens with one attached hydrogen (secondary N) is 1. The lowest BCUT2D eigenvalue weighted by Gasteiger charge is -2.33. The number of hydrogen-bond donors (Lipinski definition) is 1. The van der Waals surface area contributed by atoms with Crippen LogP contribution in [-0.4, -0.2) is 93.7 Å². The Bertz CT molecular complexity index is 331. The first-order valence-corrected chi connectivity index (χ1v) is 7.98. The summed E-state index contributed by atoms with van der Waals surface area (Å²) in [6.07, 6.45) is 0. The molecule has 1 rings (SSSR count). The van der Waals surface area contributed by atoms with E-state index < -0.39 is 0 Å². The van der Waals surface area contributed by atoms with E-state index in [2.05, 4.69) is 22.0 Å². The predicted octanol–water partition coefficient (Wildman–Crippen LogP) is -0.638. The number of hydrogen-bond acceptors (Lipinski definition) is 6. The molecule has 7 nitrogen and oxygen atoms in total. The van der Waals surface area contributed by atoms with E-state index in [1.165, 1.54) is 6.92 Å². The highest BCUT2D eigenvalue weighted by Crippen LogP contribution is 2.00. The lowest BCUT2D eigenvalue weighted by atomic mass is 10.3. The molecule has 1 aliphatic rings. The fourth-order valence-corrected chi connectivity index (χ4v) is 2.22. The van der Waals surface area contributed by atoms with Crippen molar-refractivity contribution in [2.75, 3.05) is 72.2 Å². The van der Waals surface area contributed by atoms with Gasteiger partial charge < -0.3 is 19.7 Å². The van der Waals surface area contributed by atoms with Crippen LogP contribution in [0.3, 0.4) is 0 Å². The van der Waals surface area contributed by atoms with Crippen LogP contribution in [0.2, 0.25) is 0 Å². The monoisotopic (exact) mass is 315 g/mol. The Kier molecular flexibility index (Phi) is 9.98. The van der Waals surface area contributed by atoms with Crippen LogP contribution in [0.5, 0.6) is 0 Å². The molecule has 0 unspecified atom stereocenters. The molecule has 0 aromatic heterocycles. The van der Waals surface area contributed by atoms with Gasteiger partial charge >= 0.3 is 0 Å². The number of piperazine rings is 1. The van der Waals surface area contributed by atoms with Crippen molar-refractivity contribution in [3.8, 4) is 0 Å². The standard InChI is InChI=1S/C15H29N3O4/c1-3-17-5-7-18(8-6-17)12-15(20)16-4-9-21-10-11-22-13-14(2)19/h3-13H2,1-2H3,(H,16,20). The number of Topliss-reactive ketones (excluding diaryl/α,β-unsaturated/α-hetero) is 1. The molecule has 0 aromatic rings. The highest BCUT2D eigenvalue weighted by molar-refractivity contribution is 5.78. The third-order valence-electron chi connectivity index (χ3n) is 3.53. The first-order chi connectivity index (χ1) is 10.6. The molecule has 1 N–H and O–H groups in total. The number of likely N-dealkylation sites (N-methyl/N-ethyl adjacent to an activating group) is 1. The van der Waals surface area contributed by atoms with Crippen LogP contribution < -0.4 is 5.32 Å². The smallest absolute Gasteiger partial charge is 0.234 e. The van der Waals surface area contributed by atoms with Crippen molar-refractivity contribution in [3.63, 3.8) is 0 Å². The summed E-state index contributed by atoms with van der Waals surface area (Å²) >= 11 is 0. The summed E-state index contributed by atoms with van der Waals surface area (Å²) in [7, 11) is 0. The molecular weight excluding hydrogens is 286 g/mol. The average Bonchev–Trinajstić information content (AvgIpc) is 2.50. The predicted molar refractivity (Wildman–Crippen MR) is 83.9 cm³/mol. The maximum Gasteiger partial charge on any atom is 0.234 e. The van der Waals surface area contributed by atoms with Gasteiger partial charge in [0.1, 0.15) is 6.61 Å². The summed E-state index contributed by atoms with van der Waals surface area (Å²) in [5, 5.41) is 2.85. The van der Waals surface area contributed by atoms with Gasteiger partial charge in [0.2, 0.25) is 5.91 Å². The molecule has 22 heavy (non-hydrogen) atoms. The van der Waals surface area contributed by atoms with Gasteiger partial charge in [-0.05, 0) is 13.5 Å². The van der Waals surface area contributed by atoms with Crippen LogP contribution in [0.15, 0.2) is 0 Å². The maximum atomic E-state index is 11.8. The second-order valence-electron chi connectivity index (χ2n) is 5.43. The number of ether oxygens (including phenoxy) is 2. The van der Waals surface area contributed by atoms with E-state index in [0.717, 1.165) is 32.7 Å². The summed E-state index contributed by atoms with van der Waals surface area (Å²) < 4.78 is 10.4. The van der Waals surface area contributed by atoms with Crippen LogP contribution in [0.1, 0.15) is 13.8 Å². The van der Waals surface area contributed by atoms with E-state index in [-0.39, 0.29) is 18.3 Å². The third kappa shape index (κ3) is 9.09. The van der Waals surface area contributed by atoms with Gasteiger partial charge in [-0.1, -0.05) is 6.92 Å². The first kappa shape index (κ1) is 19.0. The lowest BCUT2D eigenvalue weighted by molar-refractivity contribution is -0.123. The molecule has 128 valence electrons. The van der Waals surface area contributed by atoms with Gasteiger partial charge in [0.05, 0.1) is 26.4 Å². The van der Waals surface area contributed by atoms with Crippen LogP contribution in [0, 0.1) is 0 Å². The minimum Gasteiger partial charge on any atom is -0.377 e. The number of carbonyl (C=O) groups excluding carboxylic acids is 2. The van der Waals surface area contributed by atoms with Gasteiger partial charge in [-0.3, -0.25) is 14.5 Å². The molecule has 0 spiro atoms. The Hall–Kier alpha value is -1.02. The average molecular weight is 315 g/mol. The van der Waals surface area contributed by atoms with Gasteiger partial charge in [-0.2, -0.15) is 0 Å². The van der Waals surface area contributed by atoms with E-state index in [1.54, 1.807) is 0 Å². The Morgan fingerprint density at radius 2 is 1.64 bits per heavy atom. The molecule has 1 heterocycles. The van der Waals surface area contributed by atoms with Crippen molar-refractivity contribution in [1.29, 1.82) is 0 Å². The van der Waals surface area contributed by atoms with Gasteiger partial charge in [0.25, 0.3) is 0 Å². The largest absolute Gasteiger partial charge is 0.377 e. The number of amides is 1. The topological polar surface area (TPSA) is 71.1 Å². The van der Waals surface area contributed by atoms with E-state index in [0.29, 0.717) is 32.9 Å². The van der Waals surface area contributed by atoms with E-state index in [4.69, 9.17) is 9.47 Å². The van der Waals surface area contributed by atoms with Crippen LogP contribution in [0.25, 0.3) is 0 Å². The zero-order valence-electron chi connectivity index (χ0n) is 13.8. The molecule has 0 saturated carbocycles. The molecule has 0 atom stereocenters. The van der Waals surface area contributed by atoms with Gasteiger partial charge in [0, 0.05) is 32.7 Å². The van der Waals surface area contributed by atoms with E-state index >= 15 is 0 Å². The van der Waals surface area contributed by atoms with Gasteiger partial charge in [-0.15, -0.1) is 0 Å². The Morgan fingerprint density at radius 3 is 2.27 bits per heavy atom. The second kappa shape index (κ2) is 11.5. The summed E-state index contributed by atoms with van der Waals surface area (Å²) in [6, 6.07) is 0. The highest BCUT2D eigenvalue weighted by Gasteiger charge is 2.17. The summed E-state index contributed by atoms with van der Waals surface area (Å²) in [5.74, 6) is 0.0495. The normalized spacial score (nSPS) is 16.6. The minimum atomic E-state index is 0.00651. The molecule has 1 saturated heterocycles.